The van der Waals surface area contributed by atoms with E-state index in [-0.39, 0.29) is 12.3 Å². The van der Waals surface area contributed by atoms with Gasteiger partial charge in [0.2, 0.25) is 0 Å². The predicted molar refractivity (Wildman–Crippen MR) is 129 cm³/mol. The van der Waals surface area contributed by atoms with E-state index in [0.29, 0.717) is 24.7 Å². The van der Waals surface area contributed by atoms with Crippen molar-refractivity contribution in [2.45, 2.75) is 25.4 Å². The first-order valence-electron chi connectivity index (χ1n) is 10.9. The van der Waals surface area contributed by atoms with Gasteiger partial charge in [-0.2, -0.15) is 0 Å². The smallest absolute Gasteiger partial charge is 0.169 e. The topological polar surface area (TPSA) is 58.2 Å². The molecule has 0 fully saturated rings. The SMILES string of the molecule is COc1cccc(CC(NCC(OC)OC)c2ccc(OCc3ccccc3)c(OC)c2)c1. The van der Waals surface area contributed by atoms with Crippen molar-refractivity contribution in [3.05, 3.63) is 89.5 Å². The highest BCUT2D eigenvalue weighted by atomic mass is 16.7. The molecular formula is C27H33NO5. The summed E-state index contributed by atoms with van der Waals surface area (Å²) in [6.07, 6.45) is 0.415. The minimum Gasteiger partial charge on any atom is -0.497 e. The first-order valence-corrected chi connectivity index (χ1v) is 10.9. The lowest BCUT2D eigenvalue weighted by Gasteiger charge is -2.23. The monoisotopic (exact) mass is 451 g/mol. The van der Waals surface area contributed by atoms with Crippen molar-refractivity contribution in [3.8, 4) is 17.2 Å². The molecule has 0 aromatic heterocycles. The summed E-state index contributed by atoms with van der Waals surface area (Å²) in [5.41, 5.74) is 3.33. The molecule has 33 heavy (non-hydrogen) atoms. The molecule has 0 amide bonds. The van der Waals surface area contributed by atoms with Crippen LogP contribution in [-0.4, -0.2) is 41.3 Å². The van der Waals surface area contributed by atoms with Crippen molar-refractivity contribution in [1.29, 1.82) is 0 Å². The van der Waals surface area contributed by atoms with Crippen molar-refractivity contribution >= 4 is 0 Å². The second kappa shape index (κ2) is 12.8. The highest BCUT2D eigenvalue weighted by molar-refractivity contribution is 5.44. The second-order valence-corrected chi connectivity index (χ2v) is 7.60. The summed E-state index contributed by atoms with van der Waals surface area (Å²) in [5, 5.41) is 3.57. The average Bonchev–Trinajstić information content (AvgIpc) is 2.88. The zero-order chi connectivity index (χ0) is 23.5. The first kappa shape index (κ1) is 24.6. The number of rotatable bonds is 13. The average molecular weight is 452 g/mol. The molecule has 0 aliphatic heterocycles. The summed E-state index contributed by atoms with van der Waals surface area (Å²) in [6, 6.07) is 24.2. The van der Waals surface area contributed by atoms with Gasteiger partial charge in [-0.15, -0.1) is 0 Å². The molecule has 6 heteroatoms. The van der Waals surface area contributed by atoms with Crippen molar-refractivity contribution in [3.63, 3.8) is 0 Å². The number of ether oxygens (including phenoxy) is 5. The van der Waals surface area contributed by atoms with Crippen LogP contribution < -0.4 is 19.5 Å². The Morgan fingerprint density at radius 2 is 1.48 bits per heavy atom. The predicted octanol–water partition coefficient (Wildman–Crippen LogP) is 4.78. The fourth-order valence-electron chi connectivity index (χ4n) is 3.60. The summed E-state index contributed by atoms with van der Waals surface area (Å²) >= 11 is 0. The Kier molecular flexibility index (Phi) is 9.57. The Balaban J connectivity index is 1.81. The van der Waals surface area contributed by atoms with Crippen LogP contribution in [0.2, 0.25) is 0 Å². The first-order chi connectivity index (χ1) is 16.2. The lowest BCUT2D eigenvalue weighted by atomic mass is 9.98. The van der Waals surface area contributed by atoms with Crippen LogP contribution in [0.15, 0.2) is 72.8 Å². The summed E-state index contributed by atoms with van der Waals surface area (Å²) < 4.78 is 27.8. The lowest BCUT2D eigenvalue weighted by molar-refractivity contribution is -0.0999. The van der Waals surface area contributed by atoms with E-state index in [1.807, 2.05) is 60.7 Å². The van der Waals surface area contributed by atoms with E-state index in [4.69, 9.17) is 23.7 Å². The fraction of sp³-hybridized carbons (Fsp3) is 0.333. The molecule has 3 aromatic carbocycles. The summed E-state index contributed by atoms with van der Waals surface area (Å²) in [4.78, 5) is 0. The minimum atomic E-state index is -0.340. The lowest BCUT2D eigenvalue weighted by Crippen LogP contribution is -2.33. The van der Waals surface area contributed by atoms with Gasteiger partial charge in [0, 0.05) is 26.8 Å². The fourth-order valence-corrected chi connectivity index (χ4v) is 3.60. The van der Waals surface area contributed by atoms with Gasteiger partial charge in [0.25, 0.3) is 0 Å². The highest BCUT2D eigenvalue weighted by Crippen LogP contribution is 2.32. The number of nitrogens with one attached hydrogen (secondary N) is 1. The van der Waals surface area contributed by atoms with Gasteiger partial charge < -0.3 is 29.0 Å². The third-order valence-corrected chi connectivity index (χ3v) is 5.46. The Morgan fingerprint density at radius 3 is 2.18 bits per heavy atom. The van der Waals surface area contributed by atoms with Crippen molar-refractivity contribution in [2.24, 2.45) is 0 Å². The van der Waals surface area contributed by atoms with E-state index < -0.39 is 0 Å². The van der Waals surface area contributed by atoms with Crippen LogP contribution in [0.4, 0.5) is 0 Å². The second-order valence-electron chi connectivity index (χ2n) is 7.60. The molecule has 0 heterocycles. The van der Waals surface area contributed by atoms with Crippen molar-refractivity contribution in [2.75, 3.05) is 35.0 Å². The Morgan fingerprint density at radius 1 is 0.727 bits per heavy atom. The normalized spacial score (nSPS) is 11.9. The maximum Gasteiger partial charge on any atom is 0.169 e. The molecule has 6 nitrogen and oxygen atoms in total. The van der Waals surface area contributed by atoms with E-state index >= 15 is 0 Å². The van der Waals surface area contributed by atoms with Gasteiger partial charge in [0.1, 0.15) is 12.4 Å². The minimum absolute atomic E-state index is 0.00183. The van der Waals surface area contributed by atoms with E-state index in [2.05, 4.69) is 17.4 Å². The molecule has 1 N–H and O–H groups in total. The zero-order valence-electron chi connectivity index (χ0n) is 19.7. The van der Waals surface area contributed by atoms with Gasteiger partial charge in [-0.25, -0.2) is 0 Å². The molecule has 176 valence electrons. The highest BCUT2D eigenvalue weighted by Gasteiger charge is 2.18. The number of hydrogen-bond acceptors (Lipinski definition) is 6. The number of methoxy groups -OCH3 is 4. The molecule has 3 aromatic rings. The molecule has 0 aliphatic carbocycles. The van der Waals surface area contributed by atoms with Gasteiger partial charge in [-0.3, -0.25) is 0 Å². The Bertz CT molecular complexity index is 975. The largest absolute Gasteiger partial charge is 0.497 e. The van der Waals surface area contributed by atoms with Crippen LogP contribution in [0.3, 0.4) is 0 Å². The third kappa shape index (κ3) is 7.22. The van der Waals surface area contributed by atoms with Crippen LogP contribution in [-0.2, 0) is 22.5 Å². The molecular weight excluding hydrogens is 418 g/mol. The van der Waals surface area contributed by atoms with E-state index in [9.17, 15) is 0 Å². The maximum atomic E-state index is 6.03. The molecule has 0 saturated carbocycles. The molecule has 3 rings (SSSR count). The third-order valence-electron chi connectivity index (χ3n) is 5.46. The molecule has 0 saturated heterocycles. The molecule has 0 spiro atoms. The molecule has 0 radical (unpaired) electrons. The van der Waals surface area contributed by atoms with Crippen molar-refractivity contribution in [1.82, 2.24) is 5.32 Å². The standard InChI is InChI=1S/C27H33NO5/c1-29-23-12-8-11-21(15-23)16-24(28-18-27(31-3)32-4)22-13-14-25(26(17-22)30-2)33-19-20-9-6-5-7-10-20/h5-15,17,24,27-28H,16,18-19H2,1-4H3. The van der Waals surface area contributed by atoms with Crippen LogP contribution in [0, 0.1) is 0 Å². The van der Waals surface area contributed by atoms with Crippen LogP contribution in [0.5, 0.6) is 17.2 Å². The molecule has 0 bridgehead atoms. The van der Waals surface area contributed by atoms with Gasteiger partial charge >= 0.3 is 0 Å². The van der Waals surface area contributed by atoms with E-state index in [1.165, 1.54) is 0 Å². The zero-order valence-corrected chi connectivity index (χ0v) is 19.7. The van der Waals surface area contributed by atoms with Crippen LogP contribution in [0.25, 0.3) is 0 Å². The van der Waals surface area contributed by atoms with Gasteiger partial charge in [-0.05, 0) is 47.4 Å². The molecule has 1 unspecified atom stereocenters. The number of hydrogen-bond donors (Lipinski definition) is 1. The maximum absolute atomic E-state index is 6.03. The summed E-state index contributed by atoms with van der Waals surface area (Å²) in [5.74, 6) is 2.23. The molecule has 1 atom stereocenters. The molecule has 0 aliphatic rings. The van der Waals surface area contributed by atoms with Gasteiger partial charge in [-0.1, -0.05) is 48.5 Å². The van der Waals surface area contributed by atoms with E-state index in [1.54, 1.807) is 28.4 Å². The summed E-state index contributed by atoms with van der Waals surface area (Å²) in [7, 11) is 6.60. The number of benzene rings is 3. The Hall–Kier alpha value is -3.06. The van der Waals surface area contributed by atoms with Gasteiger partial charge in [0.15, 0.2) is 17.8 Å². The van der Waals surface area contributed by atoms with Crippen LogP contribution >= 0.6 is 0 Å². The van der Waals surface area contributed by atoms with Crippen LogP contribution in [0.1, 0.15) is 22.7 Å². The van der Waals surface area contributed by atoms with E-state index in [0.717, 1.165) is 28.9 Å². The quantitative estimate of drug-likeness (QED) is 0.378. The summed E-state index contributed by atoms with van der Waals surface area (Å²) in [6.45, 7) is 1.02. The Labute approximate surface area is 196 Å². The van der Waals surface area contributed by atoms with Crippen molar-refractivity contribution < 1.29 is 23.7 Å². The van der Waals surface area contributed by atoms with Gasteiger partial charge in [0.05, 0.1) is 14.2 Å².